The molecule has 8 heteroatoms. The van der Waals surface area contributed by atoms with Crippen LogP contribution in [0.3, 0.4) is 0 Å². The van der Waals surface area contributed by atoms with E-state index in [1.807, 2.05) is 62.4 Å². The van der Waals surface area contributed by atoms with Crippen LogP contribution in [-0.4, -0.2) is 38.5 Å². The second kappa shape index (κ2) is 8.48. The number of nitrogens with zero attached hydrogens (tertiary/aromatic N) is 4. The van der Waals surface area contributed by atoms with Crippen molar-refractivity contribution in [2.45, 2.75) is 19.0 Å². The summed E-state index contributed by atoms with van der Waals surface area (Å²) in [5.41, 5.74) is 2.68. The molecule has 3 rings (SSSR count). The topological polar surface area (TPSA) is 81.9 Å². The van der Waals surface area contributed by atoms with Crippen molar-refractivity contribution in [3.8, 4) is 11.4 Å². The number of aryl methyl sites for hydroxylation is 1. The Morgan fingerprint density at radius 2 is 2.04 bits per heavy atom. The van der Waals surface area contributed by atoms with E-state index in [-0.39, 0.29) is 11.7 Å². The molecule has 0 aliphatic carbocycles. The summed E-state index contributed by atoms with van der Waals surface area (Å²) in [7, 11) is 0. The number of nitrogens with one attached hydrogen (secondary N) is 1. The molecule has 7 nitrogen and oxygen atoms in total. The van der Waals surface area contributed by atoms with Gasteiger partial charge in [-0.3, -0.25) is 4.79 Å². The third-order valence-corrected chi connectivity index (χ3v) is 4.39. The molecule has 0 atom stereocenters. The van der Waals surface area contributed by atoms with E-state index in [1.54, 1.807) is 4.68 Å². The van der Waals surface area contributed by atoms with E-state index in [4.69, 9.17) is 4.74 Å². The minimum Gasteiger partial charge on any atom is -0.494 e. The molecule has 0 bridgehead atoms. The summed E-state index contributed by atoms with van der Waals surface area (Å²) in [5, 5.41) is 15.1. The van der Waals surface area contributed by atoms with E-state index >= 15 is 0 Å². The van der Waals surface area contributed by atoms with Crippen LogP contribution in [0.5, 0.6) is 5.75 Å². The number of aromatic nitrogens is 4. The molecule has 0 aliphatic heterocycles. The first kappa shape index (κ1) is 17.9. The van der Waals surface area contributed by atoms with Gasteiger partial charge < -0.3 is 10.1 Å². The highest BCUT2D eigenvalue weighted by Crippen LogP contribution is 2.21. The molecular formula is C18H19N5O2S. The van der Waals surface area contributed by atoms with Crippen molar-refractivity contribution in [2.24, 2.45) is 0 Å². The number of anilines is 1. The van der Waals surface area contributed by atoms with Crippen molar-refractivity contribution in [3.05, 3.63) is 54.1 Å². The zero-order chi connectivity index (χ0) is 18.4. The largest absolute Gasteiger partial charge is 0.494 e. The second-order valence-corrected chi connectivity index (χ2v) is 6.45. The van der Waals surface area contributed by atoms with E-state index in [9.17, 15) is 4.79 Å². The Labute approximate surface area is 155 Å². The van der Waals surface area contributed by atoms with Crippen molar-refractivity contribution in [1.29, 1.82) is 0 Å². The summed E-state index contributed by atoms with van der Waals surface area (Å²) in [4.78, 5) is 12.2. The van der Waals surface area contributed by atoms with Gasteiger partial charge in [0.15, 0.2) is 0 Å². The van der Waals surface area contributed by atoms with Crippen LogP contribution >= 0.6 is 11.8 Å². The molecule has 1 amide bonds. The number of amides is 1. The predicted molar refractivity (Wildman–Crippen MR) is 101 cm³/mol. The lowest BCUT2D eigenvalue weighted by Crippen LogP contribution is -2.14. The van der Waals surface area contributed by atoms with E-state index in [0.29, 0.717) is 11.8 Å². The fourth-order valence-corrected chi connectivity index (χ4v) is 3.02. The normalized spacial score (nSPS) is 10.5. The molecule has 0 spiro atoms. The molecule has 1 heterocycles. The van der Waals surface area contributed by atoms with E-state index < -0.39 is 0 Å². The lowest BCUT2D eigenvalue weighted by atomic mass is 10.2. The molecule has 2 aromatic carbocycles. The van der Waals surface area contributed by atoms with Gasteiger partial charge in [-0.2, -0.15) is 4.68 Å². The summed E-state index contributed by atoms with van der Waals surface area (Å²) in [6.45, 7) is 4.53. The van der Waals surface area contributed by atoms with E-state index in [0.717, 1.165) is 22.7 Å². The maximum atomic E-state index is 12.2. The maximum Gasteiger partial charge on any atom is 0.234 e. The highest BCUT2D eigenvalue weighted by atomic mass is 32.2. The summed E-state index contributed by atoms with van der Waals surface area (Å²) in [6.07, 6.45) is 0. The number of hydrogen-bond acceptors (Lipinski definition) is 6. The monoisotopic (exact) mass is 369 g/mol. The van der Waals surface area contributed by atoms with Gasteiger partial charge in [-0.15, -0.1) is 5.10 Å². The molecule has 0 saturated heterocycles. The van der Waals surface area contributed by atoms with E-state index in [1.165, 1.54) is 11.8 Å². The average molecular weight is 369 g/mol. The first-order valence-electron chi connectivity index (χ1n) is 8.16. The van der Waals surface area contributed by atoms with Crippen LogP contribution in [0, 0.1) is 6.92 Å². The Hall–Kier alpha value is -2.87. The van der Waals surface area contributed by atoms with E-state index in [2.05, 4.69) is 20.8 Å². The van der Waals surface area contributed by atoms with Gasteiger partial charge in [0.2, 0.25) is 11.1 Å². The van der Waals surface area contributed by atoms with Crippen molar-refractivity contribution < 1.29 is 9.53 Å². The number of benzene rings is 2. The Bertz CT molecular complexity index is 879. The fraction of sp³-hybridized carbons (Fsp3) is 0.222. The van der Waals surface area contributed by atoms with Gasteiger partial charge in [-0.25, -0.2) is 0 Å². The highest BCUT2D eigenvalue weighted by molar-refractivity contribution is 7.99. The van der Waals surface area contributed by atoms with Gasteiger partial charge >= 0.3 is 0 Å². The molecule has 0 aliphatic rings. The minimum absolute atomic E-state index is 0.109. The first-order chi connectivity index (χ1) is 12.7. The minimum atomic E-state index is -0.109. The molecule has 134 valence electrons. The molecule has 1 aromatic heterocycles. The van der Waals surface area contributed by atoms with Crippen LogP contribution in [0.15, 0.2) is 53.7 Å². The summed E-state index contributed by atoms with van der Waals surface area (Å²) < 4.78 is 7.03. The Balaban J connectivity index is 1.62. The number of carbonyl (C=O) groups excluding carboxylic acids is 1. The Morgan fingerprint density at radius 3 is 2.77 bits per heavy atom. The number of carbonyl (C=O) groups is 1. The van der Waals surface area contributed by atoms with Crippen molar-refractivity contribution >= 4 is 23.4 Å². The predicted octanol–water partition coefficient (Wildman–Crippen LogP) is 3.10. The van der Waals surface area contributed by atoms with Gasteiger partial charge in [0.05, 0.1) is 18.0 Å². The maximum absolute atomic E-state index is 12.2. The van der Waals surface area contributed by atoms with Crippen molar-refractivity contribution in [2.75, 3.05) is 17.7 Å². The lowest BCUT2D eigenvalue weighted by molar-refractivity contribution is -0.113. The van der Waals surface area contributed by atoms with Crippen LogP contribution in [0.1, 0.15) is 12.5 Å². The highest BCUT2D eigenvalue weighted by Gasteiger charge is 2.12. The van der Waals surface area contributed by atoms with Gasteiger partial charge in [-0.05, 0) is 66.2 Å². The molecule has 0 saturated carbocycles. The SMILES string of the molecule is CCOc1ccc(-n2nnnc2SCC(=O)Nc2cccc(C)c2)cc1. The van der Waals surface area contributed by atoms with Gasteiger partial charge in [0, 0.05) is 5.69 Å². The van der Waals surface area contributed by atoms with Gasteiger partial charge in [-0.1, -0.05) is 23.9 Å². The number of rotatable bonds is 7. The van der Waals surface area contributed by atoms with Crippen molar-refractivity contribution in [3.63, 3.8) is 0 Å². The van der Waals surface area contributed by atoms with Crippen LogP contribution in [0.4, 0.5) is 5.69 Å². The summed E-state index contributed by atoms with van der Waals surface area (Å²) >= 11 is 1.28. The smallest absolute Gasteiger partial charge is 0.234 e. The summed E-state index contributed by atoms with van der Waals surface area (Å²) in [6, 6.07) is 15.1. The molecular weight excluding hydrogens is 350 g/mol. The molecule has 3 aromatic rings. The van der Waals surface area contributed by atoms with Crippen LogP contribution < -0.4 is 10.1 Å². The van der Waals surface area contributed by atoms with Gasteiger partial charge in [0.1, 0.15) is 5.75 Å². The first-order valence-corrected chi connectivity index (χ1v) is 9.15. The van der Waals surface area contributed by atoms with Crippen molar-refractivity contribution in [1.82, 2.24) is 20.2 Å². The Morgan fingerprint density at radius 1 is 1.23 bits per heavy atom. The van der Waals surface area contributed by atoms with Crippen LogP contribution in [0.2, 0.25) is 0 Å². The number of thioether (sulfide) groups is 1. The fourth-order valence-electron chi connectivity index (χ4n) is 2.33. The zero-order valence-electron chi connectivity index (χ0n) is 14.5. The molecule has 0 radical (unpaired) electrons. The summed E-state index contributed by atoms with van der Waals surface area (Å²) in [5.74, 6) is 0.892. The third kappa shape index (κ3) is 4.60. The number of tetrazole rings is 1. The number of hydrogen-bond donors (Lipinski definition) is 1. The second-order valence-electron chi connectivity index (χ2n) is 5.51. The number of ether oxygens (including phenoxy) is 1. The molecule has 26 heavy (non-hydrogen) atoms. The van der Waals surface area contributed by atoms with Crippen LogP contribution in [0.25, 0.3) is 5.69 Å². The molecule has 1 N–H and O–H groups in total. The van der Waals surface area contributed by atoms with Gasteiger partial charge in [0.25, 0.3) is 0 Å². The standard InChI is InChI=1S/C18H19N5O2S/c1-3-25-16-9-7-15(8-10-16)23-18(20-21-22-23)26-12-17(24)19-14-6-4-5-13(2)11-14/h4-11H,3,12H2,1-2H3,(H,19,24). The van der Waals surface area contributed by atoms with Crippen LogP contribution in [-0.2, 0) is 4.79 Å². The average Bonchev–Trinajstić information content (AvgIpc) is 3.09. The lowest BCUT2D eigenvalue weighted by Gasteiger charge is -2.07. The zero-order valence-corrected chi connectivity index (χ0v) is 15.4. The molecule has 0 unspecified atom stereocenters. The molecule has 0 fully saturated rings. The third-order valence-electron chi connectivity index (χ3n) is 3.47. The Kier molecular flexibility index (Phi) is 5.85. The quantitative estimate of drug-likeness (QED) is 0.645.